The number of nitrogens with zero attached hydrogens (tertiary/aromatic N) is 1. The van der Waals surface area contributed by atoms with Crippen LogP contribution in [0.5, 0.6) is 0 Å². The molecule has 0 spiro atoms. The summed E-state index contributed by atoms with van der Waals surface area (Å²) in [6.07, 6.45) is 5.03. The lowest BCUT2D eigenvalue weighted by molar-refractivity contribution is -0.0882. The first-order valence-electron chi connectivity index (χ1n) is 6.94. The van der Waals surface area contributed by atoms with E-state index in [9.17, 15) is 0 Å². The van der Waals surface area contributed by atoms with E-state index in [1.54, 1.807) is 0 Å². The van der Waals surface area contributed by atoms with Crippen LogP contribution in [-0.2, 0) is 4.74 Å². The predicted octanol–water partition coefficient (Wildman–Crippen LogP) is 2.92. The van der Waals surface area contributed by atoms with Gasteiger partial charge in [-0.25, -0.2) is 0 Å². The molecule has 1 heterocycles. The van der Waals surface area contributed by atoms with Crippen LogP contribution in [0.3, 0.4) is 0 Å². The van der Waals surface area contributed by atoms with Crippen molar-refractivity contribution in [3.8, 4) is 0 Å². The van der Waals surface area contributed by atoms with Gasteiger partial charge in [0, 0.05) is 19.1 Å². The van der Waals surface area contributed by atoms with Crippen molar-refractivity contribution in [2.24, 2.45) is 11.8 Å². The maximum Gasteiger partial charge on any atom is 0.0678 e. The lowest BCUT2D eigenvalue weighted by Crippen LogP contribution is -2.51. The molecule has 1 saturated carbocycles. The summed E-state index contributed by atoms with van der Waals surface area (Å²) in [7, 11) is 0. The van der Waals surface area contributed by atoms with Crippen LogP contribution in [0.2, 0.25) is 0 Å². The van der Waals surface area contributed by atoms with E-state index in [0.717, 1.165) is 31.0 Å². The van der Waals surface area contributed by atoms with Gasteiger partial charge in [0.2, 0.25) is 0 Å². The summed E-state index contributed by atoms with van der Waals surface area (Å²) in [5, 5.41) is 0. The van der Waals surface area contributed by atoms with Gasteiger partial charge in [-0.1, -0.05) is 13.8 Å². The van der Waals surface area contributed by atoms with Crippen molar-refractivity contribution in [1.29, 1.82) is 0 Å². The predicted molar refractivity (Wildman–Crippen MR) is 67.5 cm³/mol. The highest BCUT2D eigenvalue weighted by atomic mass is 16.5. The second-order valence-electron chi connectivity index (χ2n) is 6.28. The fraction of sp³-hybridized carbons (Fsp3) is 1.00. The standard InChI is InChI=1S/C14H27NO/c1-10-5-11(2)7-14(6-10)15-8-12(3)16-13(4)9-15/h10-14H,5-9H2,1-4H3/t10?,11?,12-,13-,14?/m1/s1. The van der Waals surface area contributed by atoms with Crippen LogP contribution in [0.4, 0.5) is 0 Å². The van der Waals surface area contributed by atoms with Gasteiger partial charge in [0.15, 0.2) is 0 Å². The van der Waals surface area contributed by atoms with E-state index >= 15 is 0 Å². The number of hydrogen-bond acceptors (Lipinski definition) is 2. The minimum absolute atomic E-state index is 0.413. The van der Waals surface area contributed by atoms with Crippen molar-refractivity contribution in [2.45, 2.75) is 65.2 Å². The molecule has 94 valence electrons. The van der Waals surface area contributed by atoms with Crippen molar-refractivity contribution in [3.63, 3.8) is 0 Å². The fourth-order valence-corrected chi connectivity index (χ4v) is 3.72. The number of morpholine rings is 1. The Morgan fingerprint density at radius 1 is 0.812 bits per heavy atom. The van der Waals surface area contributed by atoms with Gasteiger partial charge in [-0.05, 0) is 44.9 Å². The van der Waals surface area contributed by atoms with E-state index in [-0.39, 0.29) is 0 Å². The monoisotopic (exact) mass is 225 g/mol. The third-order valence-electron chi connectivity index (χ3n) is 4.12. The molecule has 0 amide bonds. The molecule has 0 aromatic heterocycles. The van der Waals surface area contributed by atoms with Gasteiger partial charge < -0.3 is 4.74 Å². The third-order valence-corrected chi connectivity index (χ3v) is 4.12. The Hall–Kier alpha value is -0.0800. The summed E-state index contributed by atoms with van der Waals surface area (Å²) in [6.45, 7) is 11.5. The van der Waals surface area contributed by atoms with E-state index in [2.05, 4.69) is 32.6 Å². The highest BCUT2D eigenvalue weighted by Crippen LogP contribution is 2.32. The van der Waals surface area contributed by atoms with Gasteiger partial charge in [0.1, 0.15) is 0 Å². The molecular weight excluding hydrogens is 198 g/mol. The molecule has 2 nitrogen and oxygen atoms in total. The largest absolute Gasteiger partial charge is 0.373 e. The maximum absolute atomic E-state index is 5.82. The molecule has 1 aliphatic heterocycles. The van der Waals surface area contributed by atoms with Gasteiger partial charge in [-0.15, -0.1) is 0 Å². The van der Waals surface area contributed by atoms with Crippen LogP contribution in [0.15, 0.2) is 0 Å². The molecule has 0 radical (unpaired) electrons. The van der Waals surface area contributed by atoms with E-state index in [4.69, 9.17) is 4.74 Å². The second kappa shape index (κ2) is 5.05. The average molecular weight is 225 g/mol. The van der Waals surface area contributed by atoms with Crippen LogP contribution in [0.25, 0.3) is 0 Å². The Bertz CT molecular complexity index is 187. The summed E-state index contributed by atoms with van der Waals surface area (Å²) in [5.74, 6) is 1.81. The SMILES string of the molecule is CC1CC(C)CC(N2C[C@@H](C)O[C@H](C)C2)C1. The van der Waals surface area contributed by atoms with Crippen molar-refractivity contribution in [2.75, 3.05) is 13.1 Å². The second-order valence-corrected chi connectivity index (χ2v) is 6.28. The van der Waals surface area contributed by atoms with Gasteiger partial charge in [-0.3, -0.25) is 4.90 Å². The molecule has 0 bridgehead atoms. The normalized spacial score (nSPS) is 46.9. The zero-order chi connectivity index (χ0) is 11.7. The fourth-order valence-electron chi connectivity index (χ4n) is 3.72. The van der Waals surface area contributed by atoms with E-state index in [0.29, 0.717) is 12.2 Å². The topological polar surface area (TPSA) is 12.5 Å². The highest BCUT2D eigenvalue weighted by Gasteiger charge is 2.32. The molecule has 0 N–H and O–H groups in total. The van der Waals surface area contributed by atoms with Crippen molar-refractivity contribution < 1.29 is 4.74 Å². The third kappa shape index (κ3) is 2.98. The van der Waals surface area contributed by atoms with Gasteiger partial charge in [-0.2, -0.15) is 0 Å². The Morgan fingerprint density at radius 2 is 1.31 bits per heavy atom. The molecule has 2 unspecified atom stereocenters. The van der Waals surface area contributed by atoms with Crippen LogP contribution in [0.1, 0.15) is 47.0 Å². The highest BCUT2D eigenvalue weighted by molar-refractivity contribution is 4.85. The molecule has 1 saturated heterocycles. The smallest absolute Gasteiger partial charge is 0.0678 e. The van der Waals surface area contributed by atoms with Crippen LogP contribution >= 0.6 is 0 Å². The first-order valence-corrected chi connectivity index (χ1v) is 6.94. The quantitative estimate of drug-likeness (QED) is 0.680. The van der Waals surface area contributed by atoms with E-state index in [1.807, 2.05) is 0 Å². The summed E-state index contributed by atoms with van der Waals surface area (Å²) in [4.78, 5) is 2.69. The van der Waals surface area contributed by atoms with Crippen molar-refractivity contribution in [1.82, 2.24) is 4.90 Å². The first kappa shape index (κ1) is 12.4. The first-order chi connectivity index (χ1) is 7.54. The summed E-state index contributed by atoms with van der Waals surface area (Å²) in [5.41, 5.74) is 0. The molecule has 2 aliphatic rings. The van der Waals surface area contributed by atoms with Gasteiger partial charge in [0.05, 0.1) is 12.2 Å². The zero-order valence-corrected chi connectivity index (χ0v) is 11.3. The summed E-state index contributed by atoms with van der Waals surface area (Å²) >= 11 is 0. The summed E-state index contributed by atoms with van der Waals surface area (Å²) < 4.78 is 5.82. The number of hydrogen-bond donors (Lipinski definition) is 0. The van der Waals surface area contributed by atoms with E-state index in [1.165, 1.54) is 19.3 Å². The molecule has 2 fully saturated rings. The average Bonchev–Trinajstić information content (AvgIpc) is 2.14. The Labute approximate surface area is 100 Å². The molecule has 2 rings (SSSR count). The van der Waals surface area contributed by atoms with Crippen LogP contribution in [-0.4, -0.2) is 36.2 Å². The zero-order valence-electron chi connectivity index (χ0n) is 11.3. The van der Waals surface area contributed by atoms with Crippen LogP contribution in [0, 0.1) is 11.8 Å². The Balaban J connectivity index is 1.95. The lowest BCUT2D eigenvalue weighted by Gasteiger charge is -2.44. The number of ether oxygens (including phenoxy) is 1. The van der Waals surface area contributed by atoms with Gasteiger partial charge >= 0.3 is 0 Å². The Kier molecular flexibility index (Phi) is 3.91. The maximum atomic E-state index is 5.82. The van der Waals surface area contributed by atoms with Crippen LogP contribution < -0.4 is 0 Å². The molecular formula is C14H27NO. The Morgan fingerprint density at radius 3 is 1.81 bits per heavy atom. The molecule has 1 aliphatic carbocycles. The van der Waals surface area contributed by atoms with Crippen molar-refractivity contribution >= 4 is 0 Å². The minimum Gasteiger partial charge on any atom is -0.373 e. The molecule has 16 heavy (non-hydrogen) atoms. The lowest BCUT2D eigenvalue weighted by atomic mass is 9.79. The van der Waals surface area contributed by atoms with Crippen molar-refractivity contribution in [3.05, 3.63) is 0 Å². The minimum atomic E-state index is 0.413. The molecule has 0 aromatic carbocycles. The molecule has 2 heteroatoms. The number of rotatable bonds is 1. The summed E-state index contributed by atoms with van der Waals surface area (Å²) in [6, 6.07) is 0.813. The van der Waals surface area contributed by atoms with Gasteiger partial charge in [0.25, 0.3) is 0 Å². The molecule has 4 atom stereocenters. The van der Waals surface area contributed by atoms with E-state index < -0.39 is 0 Å². The molecule has 0 aromatic rings.